The molecule has 2 amide bonds. The molecule has 3 aromatic rings. The third kappa shape index (κ3) is 4.47. The molecule has 3 N–H and O–H groups in total. The van der Waals surface area contributed by atoms with E-state index in [4.69, 9.17) is 9.84 Å². The molecule has 0 saturated heterocycles. The summed E-state index contributed by atoms with van der Waals surface area (Å²) in [6.45, 7) is 0.210. The van der Waals surface area contributed by atoms with E-state index in [1.807, 2.05) is 24.3 Å². The summed E-state index contributed by atoms with van der Waals surface area (Å²) in [6, 6.07) is 19.3. The molecule has 35 heavy (non-hydrogen) atoms. The minimum absolute atomic E-state index is 0.0320. The van der Waals surface area contributed by atoms with E-state index >= 15 is 0 Å². The summed E-state index contributed by atoms with van der Waals surface area (Å²) in [5.74, 6) is -2.85. The highest BCUT2D eigenvalue weighted by molar-refractivity contribution is 5.94. The van der Waals surface area contributed by atoms with Crippen molar-refractivity contribution in [3.05, 3.63) is 89.2 Å². The summed E-state index contributed by atoms with van der Waals surface area (Å²) < 4.78 is 19.6. The van der Waals surface area contributed by atoms with Crippen LogP contribution in [0.25, 0.3) is 11.1 Å². The Morgan fingerprint density at radius 1 is 0.943 bits per heavy atom. The maximum atomic E-state index is 14.1. The summed E-state index contributed by atoms with van der Waals surface area (Å²) >= 11 is 0. The van der Waals surface area contributed by atoms with Gasteiger partial charge in [0.15, 0.2) is 0 Å². The lowest BCUT2D eigenvalue weighted by atomic mass is 9.79. The number of ether oxygens (including phenoxy) is 1. The number of benzene rings is 3. The number of aromatic carboxylic acids is 1. The fourth-order valence-electron chi connectivity index (χ4n) is 4.74. The molecule has 7 nitrogen and oxygen atoms in total. The van der Waals surface area contributed by atoms with Crippen LogP contribution in [-0.2, 0) is 9.53 Å². The van der Waals surface area contributed by atoms with Gasteiger partial charge >= 0.3 is 12.1 Å². The fraction of sp³-hybridized carbons (Fsp3) is 0.222. The van der Waals surface area contributed by atoms with E-state index in [0.717, 1.165) is 28.3 Å². The van der Waals surface area contributed by atoms with Gasteiger partial charge in [-0.05, 0) is 53.3 Å². The monoisotopic (exact) mass is 474 g/mol. The van der Waals surface area contributed by atoms with Crippen LogP contribution in [0.2, 0.25) is 0 Å². The number of rotatable bonds is 6. The number of carboxylic acids is 1. The maximum Gasteiger partial charge on any atom is 0.407 e. The second-order valence-electron chi connectivity index (χ2n) is 8.82. The molecule has 0 atom stereocenters. The van der Waals surface area contributed by atoms with Crippen LogP contribution in [0.4, 0.5) is 14.9 Å². The number of anilines is 1. The molecule has 5 rings (SSSR count). The number of nitrogens with one attached hydrogen (secondary N) is 2. The van der Waals surface area contributed by atoms with Crippen LogP contribution in [0.3, 0.4) is 0 Å². The second kappa shape index (κ2) is 9.21. The summed E-state index contributed by atoms with van der Waals surface area (Å²) in [7, 11) is 0. The molecular formula is C27H23FN2O5. The highest BCUT2D eigenvalue weighted by atomic mass is 19.1. The van der Waals surface area contributed by atoms with Crippen molar-refractivity contribution in [2.24, 2.45) is 5.92 Å². The van der Waals surface area contributed by atoms with Gasteiger partial charge in [0, 0.05) is 17.9 Å². The molecule has 178 valence electrons. The molecule has 0 unspecified atom stereocenters. The zero-order valence-corrected chi connectivity index (χ0v) is 18.7. The summed E-state index contributed by atoms with van der Waals surface area (Å²) in [4.78, 5) is 35.7. The van der Waals surface area contributed by atoms with Crippen molar-refractivity contribution < 1.29 is 28.6 Å². The van der Waals surface area contributed by atoms with Crippen molar-refractivity contribution in [2.75, 3.05) is 11.9 Å². The number of halogens is 1. The molecule has 0 radical (unpaired) electrons. The zero-order chi connectivity index (χ0) is 24.5. The molecule has 3 aromatic carbocycles. The number of hydrogen-bond acceptors (Lipinski definition) is 4. The molecule has 0 spiro atoms. The van der Waals surface area contributed by atoms with Crippen molar-refractivity contribution in [1.29, 1.82) is 0 Å². The Morgan fingerprint density at radius 3 is 2.17 bits per heavy atom. The van der Waals surface area contributed by atoms with Gasteiger partial charge in [-0.2, -0.15) is 0 Å². The van der Waals surface area contributed by atoms with E-state index < -0.39 is 17.9 Å². The van der Waals surface area contributed by atoms with Crippen molar-refractivity contribution in [3.8, 4) is 11.1 Å². The van der Waals surface area contributed by atoms with Crippen LogP contribution >= 0.6 is 0 Å². The average Bonchev–Trinajstić information content (AvgIpc) is 3.14. The van der Waals surface area contributed by atoms with Crippen molar-refractivity contribution in [1.82, 2.24) is 5.32 Å². The minimum atomic E-state index is -1.25. The Labute approximate surface area is 200 Å². The third-order valence-corrected chi connectivity index (χ3v) is 6.65. The molecule has 0 aromatic heterocycles. The van der Waals surface area contributed by atoms with Gasteiger partial charge < -0.3 is 20.5 Å². The van der Waals surface area contributed by atoms with Crippen LogP contribution in [0.1, 0.15) is 40.2 Å². The standard InChI is InChI=1S/C27H23FN2O5/c28-23-13-15(26(32)33)9-10-24(23)30-25(31)16-11-17(12-16)29-27(34)35-14-22-20-7-3-1-5-18(20)19-6-2-4-8-21(19)22/h1-10,13,16-17,22H,11-12,14H2,(H,29,34)(H,30,31)(H,32,33). The van der Waals surface area contributed by atoms with E-state index in [1.165, 1.54) is 12.1 Å². The van der Waals surface area contributed by atoms with Crippen molar-refractivity contribution in [2.45, 2.75) is 24.8 Å². The number of carboxylic acid groups (broad SMARTS) is 1. The number of carbonyl (C=O) groups excluding carboxylic acids is 2. The molecular weight excluding hydrogens is 451 g/mol. The van der Waals surface area contributed by atoms with E-state index in [1.54, 1.807) is 0 Å². The quantitative estimate of drug-likeness (QED) is 0.477. The summed E-state index contributed by atoms with van der Waals surface area (Å²) in [6.07, 6.45) is 0.279. The molecule has 1 fully saturated rings. The van der Waals surface area contributed by atoms with E-state index in [0.29, 0.717) is 12.8 Å². The number of alkyl carbamates (subject to hydrolysis) is 1. The number of fused-ring (bicyclic) bond motifs is 3. The SMILES string of the molecule is O=C(NC1CC(C(=O)Nc2ccc(C(=O)O)cc2F)C1)OCC1c2ccccc2-c2ccccc21. The maximum absolute atomic E-state index is 14.1. The van der Waals surface area contributed by atoms with Crippen molar-refractivity contribution in [3.63, 3.8) is 0 Å². The molecule has 0 heterocycles. The Kier molecular flexibility index (Phi) is 5.94. The first-order valence-electron chi connectivity index (χ1n) is 11.4. The number of carbonyl (C=O) groups is 3. The molecule has 1 saturated carbocycles. The van der Waals surface area contributed by atoms with Gasteiger partial charge in [-0.3, -0.25) is 4.79 Å². The lowest BCUT2D eigenvalue weighted by Crippen LogP contribution is -2.48. The highest BCUT2D eigenvalue weighted by Gasteiger charge is 2.36. The molecule has 2 aliphatic rings. The van der Waals surface area contributed by atoms with Gasteiger partial charge in [0.05, 0.1) is 11.3 Å². The minimum Gasteiger partial charge on any atom is -0.478 e. The molecule has 8 heteroatoms. The van der Waals surface area contributed by atoms with Gasteiger partial charge in [-0.1, -0.05) is 48.5 Å². The Bertz CT molecular complexity index is 1270. The predicted molar refractivity (Wildman–Crippen MR) is 127 cm³/mol. The summed E-state index contributed by atoms with van der Waals surface area (Å²) in [5.41, 5.74) is 4.29. The van der Waals surface area contributed by atoms with Crippen LogP contribution < -0.4 is 10.6 Å². The van der Waals surface area contributed by atoms with Gasteiger partial charge in [-0.15, -0.1) is 0 Å². The van der Waals surface area contributed by atoms with E-state index in [2.05, 4.69) is 34.9 Å². The normalized spacial score (nSPS) is 18.1. The molecule has 0 aliphatic heterocycles. The first kappa shape index (κ1) is 22.6. The van der Waals surface area contributed by atoms with Gasteiger partial charge in [0.2, 0.25) is 5.91 Å². The van der Waals surface area contributed by atoms with Crippen LogP contribution in [0.15, 0.2) is 66.7 Å². The van der Waals surface area contributed by atoms with Gasteiger partial charge in [0.25, 0.3) is 0 Å². The topological polar surface area (TPSA) is 105 Å². The van der Waals surface area contributed by atoms with E-state index in [9.17, 15) is 18.8 Å². The Morgan fingerprint density at radius 2 is 1.57 bits per heavy atom. The van der Waals surface area contributed by atoms with Gasteiger partial charge in [0.1, 0.15) is 12.4 Å². The van der Waals surface area contributed by atoms with E-state index in [-0.39, 0.29) is 41.6 Å². The smallest absolute Gasteiger partial charge is 0.407 e. The van der Waals surface area contributed by atoms with Gasteiger partial charge in [-0.25, -0.2) is 14.0 Å². The lowest BCUT2D eigenvalue weighted by molar-refractivity contribution is -0.122. The Hall–Kier alpha value is -4.20. The van der Waals surface area contributed by atoms with Crippen LogP contribution in [0.5, 0.6) is 0 Å². The van der Waals surface area contributed by atoms with Crippen LogP contribution in [0, 0.1) is 11.7 Å². The number of amides is 2. The average molecular weight is 474 g/mol. The Balaban J connectivity index is 1.11. The first-order valence-corrected chi connectivity index (χ1v) is 11.4. The predicted octanol–water partition coefficient (Wildman–Crippen LogP) is 4.78. The number of hydrogen-bond donors (Lipinski definition) is 3. The molecule has 2 aliphatic carbocycles. The second-order valence-corrected chi connectivity index (χ2v) is 8.82. The summed E-state index contributed by atoms with van der Waals surface area (Å²) in [5, 5.41) is 14.2. The largest absolute Gasteiger partial charge is 0.478 e. The third-order valence-electron chi connectivity index (χ3n) is 6.65. The zero-order valence-electron chi connectivity index (χ0n) is 18.7. The first-order chi connectivity index (χ1) is 16.9. The highest BCUT2D eigenvalue weighted by Crippen LogP contribution is 2.44. The fourth-order valence-corrected chi connectivity index (χ4v) is 4.74. The lowest BCUT2D eigenvalue weighted by Gasteiger charge is -2.34. The molecule has 0 bridgehead atoms. The van der Waals surface area contributed by atoms with Crippen molar-refractivity contribution >= 4 is 23.7 Å². The van der Waals surface area contributed by atoms with Crippen LogP contribution in [-0.4, -0.2) is 35.7 Å².